The van der Waals surface area contributed by atoms with E-state index >= 15 is 0 Å². The van der Waals surface area contributed by atoms with Crippen LogP contribution in [0.2, 0.25) is 0 Å². The minimum Gasteiger partial charge on any atom is -0.354 e. The Morgan fingerprint density at radius 3 is 2.43 bits per heavy atom. The molecule has 0 amide bonds. The summed E-state index contributed by atoms with van der Waals surface area (Å²) in [5.41, 5.74) is 0.378. The van der Waals surface area contributed by atoms with Crippen LogP contribution in [-0.2, 0) is 19.5 Å². The molecule has 6 nitrogen and oxygen atoms in total. The van der Waals surface area contributed by atoms with E-state index in [1.165, 1.54) is 26.4 Å². The Kier molecular flexibility index (Phi) is 6.47. The van der Waals surface area contributed by atoms with Crippen molar-refractivity contribution < 1.29 is 22.7 Å². The fourth-order valence-corrected chi connectivity index (χ4v) is 3.19. The van der Waals surface area contributed by atoms with E-state index in [0.717, 1.165) is 0 Å². The van der Waals surface area contributed by atoms with Gasteiger partial charge in [0.25, 0.3) is 0 Å². The molecule has 0 saturated heterocycles. The smallest absolute Gasteiger partial charge is 0.241 e. The van der Waals surface area contributed by atoms with Crippen molar-refractivity contribution >= 4 is 15.8 Å². The molecule has 1 aromatic rings. The van der Waals surface area contributed by atoms with Crippen LogP contribution in [0.25, 0.3) is 0 Å². The first-order chi connectivity index (χ1) is 9.85. The number of rotatable bonds is 8. The third-order valence-corrected chi connectivity index (χ3v) is 4.56. The van der Waals surface area contributed by atoms with E-state index in [9.17, 15) is 13.2 Å². The van der Waals surface area contributed by atoms with Gasteiger partial charge in [0, 0.05) is 26.2 Å². The maximum Gasteiger partial charge on any atom is 0.241 e. The molecule has 21 heavy (non-hydrogen) atoms. The van der Waals surface area contributed by atoms with Crippen LogP contribution in [0.5, 0.6) is 0 Å². The molecule has 1 atom stereocenters. The van der Waals surface area contributed by atoms with Crippen LogP contribution in [0.4, 0.5) is 0 Å². The van der Waals surface area contributed by atoms with Gasteiger partial charge in [-0.2, -0.15) is 0 Å². The molecule has 1 unspecified atom stereocenters. The molecule has 0 heterocycles. The van der Waals surface area contributed by atoms with E-state index in [4.69, 9.17) is 9.47 Å². The summed E-state index contributed by atoms with van der Waals surface area (Å²) in [5, 5.41) is 0. The number of methoxy groups -OCH3 is 2. The molecule has 0 aliphatic heterocycles. The summed E-state index contributed by atoms with van der Waals surface area (Å²) in [7, 11) is -0.891. The molecule has 0 fully saturated rings. The van der Waals surface area contributed by atoms with Crippen molar-refractivity contribution in [1.29, 1.82) is 0 Å². The highest BCUT2D eigenvalue weighted by molar-refractivity contribution is 7.89. The third kappa shape index (κ3) is 4.60. The van der Waals surface area contributed by atoms with Crippen LogP contribution in [0.15, 0.2) is 29.2 Å². The summed E-state index contributed by atoms with van der Waals surface area (Å²) in [5.74, 6) is -0.105. The van der Waals surface area contributed by atoms with Crippen molar-refractivity contribution in [3.05, 3.63) is 29.8 Å². The zero-order valence-corrected chi connectivity index (χ0v) is 13.4. The van der Waals surface area contributed by atoms with E-state index < -0.39 is 22.4 Å². The van der Waals surface area contributed by atoms with Crippen LogP contribution in [-0.4, -0.2) is 40.8 Å². The van der Waals surface area contributed by atoms with Crippen molar-refractivity contribution in [2.75, 3.05) is 14.2 Å². The summed E-state index contributed by atoms with van der Waals surface area (Å²) < 4.78 is 37.1. The van der Waals surface area contributed by atoms with Crippen molar-refractivity contribution in [3.8, 4) is 0 Å². The van der Waals surface area contributed by atoms with Crippen LogP contribution < -0.4 is 4.72 Å². The van der Waals surface area contributed by atoms with Crippen molar-refractivity contribution in [2.45, 2.75) is 37.5 Å². The fraction of sp³-hybridized carbons (Fsp3) is 0.500. The standard InChI is InChI=1S/C14H21NO5S/c1-5-13(16)11-7-6-8-12(9-11)21(17,18)15-10(2)14(19-3)20-4/h6-10,14-15H,5H2,1-4H3. The van der Waals surface area contributed by atoms with Crippen molar-refractivity contribution in [1.82, 2.24) is 4.72 Å². The zero-order chi connectivity index (χ0) is 16.0. The van der Waals surface area contributed by atoms with Gasteiger partial charge in [-0.1, -0.05) is 19.1 Å². The number of ketones is 1. The van der Waals surface area contributed by atoms with E-state index in [1.54, 1.807) is 26.0 Å². The summed E-state index contributed by atoms with van der Waals surface area (Å²) in [4.78, 5) is 11.7. The maximum absolute atomic E-state index is 12.3. The first-order valence-electron chi connectivity index (χ1n) is 6.56. The summed E-state index contributed by atoms with van der Waals surface area (Å²) in [6.07, 6.45) is -0.372. The number of carbonyl (C=O) groups excluding carboxylic acids is 1. The lowest BCUT2D eigenvalue weighted by Crippen LogP contribution is -2.42. The van der Waals surface area contributed by atoms with E-state index in [1.807, 2.05) is 0 Å². The first kappa shape index (κ1) is 17.8. The molecule has 0 radical (unpaired) electrons. The van der Waals surface area contributed by atoms with Gasteiger partial charge in [0.05, 0.1) is 10.9 Å². The molecule has 1 aromatic carbocycles. The molecule has 1 rings (SSSR count). The second-order valence-corrected chi connectivity index (χ2v) is 6.27. The lowest BCUT2D eigenvalue weighted by Gasteiger charge is -2.22. The second-order valence-electron chi connectivity index (χ2n) is 4.55. The molecule has 0 saturated carbocycles. The second kappa shape index (κ2) is 7.65. The highest BCUT2D eigenvalue weighted by Gasteiger charge is 2.24. The Labute approximate surface area is 125 Å². The summed E-state index contributed by atoms with van der Waals surface area (Å²) in [6.45, 7) is 3.36. The molecule has 0 aliphatic rings. The molecule has 0 bridgehead atoms. The van der Waals surface area contributed by atoms with Crippen LogP contribution in [0, 0.1) is 0 Å². The van der Waals surface area contributed by atoms with Gasteiger partial charge in [-0.15, -0.1) is 0 Å². The van der Waals surface area contributed by atoms with Gasteiger partial charge in [0.2, 0.25) is 10.0 Å². The lowest BCUT2D eigenvalue weighted by molar-refractivity contribution is -0.115. The van der Waals surface area contributed by atoms with E-state index in [-0.39, 0.29) is 10.7 Å². The molecule has 0 aliphatic carbocycles. The summed E-state index contributed by atoms with van der Waals surface area (Å²) >= 11 is 0. The average molecular weight is 315 g/mol. The topological polar surface area (TPSA) is 81.7 Å². The molecule has 1 N–H and O–H groups in total. The minimum absolute atomic E-state index is 0.0413. The number of carbonyl (C=O) groups is 1. The average Bonchev–Trinajstić information content (AvgIpc) is 2.47. The van der Waals surface area contributed by atoms with Gasteiger partial charge in [0.15, 0.2) is 12.1 Å². The molecule has 118 valence electrons. The van der Waals surface area contributed by atoms with Crippen molar-refractivity contribution in [3.63, 3.8) is 0 Å². The first-order valence-corrected chi connectivity index (χ1v) is 8.05. The van der Waals surface area contributed by atoms with Gasteiger partial charge in [-0.3, -0.25) is 4.79 Å². The Morgan fingerprint density at radius 1 is 1.29 bits per heavy atom. The van der Waals surface area contributed by atoms with Crippen molar-refractivity contribution in [2.24, 2.45) is 0 Å². The van der Waals surface area contributed by atoms with E-state index in [2.05, 4.69) is 4.72 Å². The van der Waals surface area contributed by atoms with Gasteiger partial charge < -0.3 is 9.47 Å². The maximum atomic E-state index is 12.3. The normalized spacial score (nSPS) is 13.4. The quantitative estimate of drug-likeness (QED) is 0.581. The van der Waals surface area contributed by atoms with Crippen LogP contribution in [0.1, 0.15) is 30.6 Å². The predicted molar refractivity (Wildman–Crippen MR) is 78.7 cm³/mol. The number of sulfonamides is 1. The molecular weight excluding hydrogens is 294 g/mol. The Balaban J connectivity index is 3.00. The largest absolute Gasteiger partial charge is 0.354 e. The number of Topliss-reactive ketones (excluding diaryl/α,β-unsaturated/α-hetero) is 1. The molecule has 0 spiro atoms. The minimum atomic E-state index is -3.75. The SMILES string of the molecule is CCC(=O)c1cccc(S(=O)(=O)NC(C)C(OC)OC)c1. The van der Waals surface area contributed by atoms with Gasteiger partial charge in [0.1, 0.15) is 0 Å². The number of nitrogens with one attached hydrogen (secondary N) is 1. The zero-order valence-electron chi connectivity index (χ0n) is 12.6. The Hall–Kier alpha value is -1.28. The molecule has 7 heteroatoms. The number of benzene rings is 1. The Bertz CT molecular complexity index is 581. The number of hydrogen-bond acceptors (Lipinski definition) is 5. The molecule has 0 aromatic heterocycles. The highest BCUT2D eigenvalue weighted by Crippen LogP contribution is 2.14. The van der Waals surface area contributed by atoms with Crippen LogP contribution >= 0.6 is 0 Å². The van der Waals surface area contributed by atoms with Gasteiger partial charge >= 0.3 is 0 Å². The monoisotopic (exact) mass is 315 g/mol. The Morgan fingerprint density at radius 2 is 1.90 bits per heavy atom. The predicted octanol–water partition coefficient (Wildman–Crippen LogP) is 1.56. The van der Waals surface area contributed by atoms with E-state index in [0.29, 0.717) is 12.0 Å². The fourth-order valence-electron chi connectivity index (χ4n) is 1.91. The number of ether oxygens (including phenoxy) is 2. The third-order valence-electron chi connectivity index (χ3n) is 3.00. The highest BCUT2D eigenvalue weighted by atomic mass is 32.2. The van der Waals surface area contributed by atoms with Crippen LogP contribution in [0.3, 0.4) is 0 Å². The lowest BCUT2D eigenvalue weighted by atomic mass is 10.1. The summed E-state index contributed by atoms with van der Waals surface area (Å²) in [6, 6.07) is 5.38. The molecular formula is C14H21NO5S. The van der Waals surface area contributed by atoms with Gasteiger partial charge in [-0.25, -0.2) is 13.1 Å². The number of hydrogen-bond donors (Lipinski definition) is 1. The van der Waals surface area contributed by atoms with Gasteiger partial charge in [-0.05, 0) is 19.1 Å².